The molecular weight excluding hydrogens is 318 g/mol. The Labute approximate surface area is 150 Å². The van der Waals surface area contributed by atoms with E-state index >= 15 is 0 Å². The first-order chi connectivity index (χ1) is 12.1. The van der Waals surface area contributed by atoms with Gasteiger partial charge in [0.1, 0.15) is 5.76 Å². The van der Waals surface area contributed by atoms with Gasteiger partial charge in [-0.1, -0.05) is 0 Å². The van der Waals surface area contributed by atoms with E-state index in [1.807, 2.05) is 12.1 Å². The van der Waals surface area contributed by atoms with Gasteiger partial charge < -0.3 is 19.4 Å². The van der Waals surface area contributed by atoms with E-state index in [9.17, 15) is 4.79 Å². The topological polar surface area (TPSA) is 58.0 Å². The number of hydrogen-bond acceptors (Lipinski definition) is 5. The molecule has 140 valence electrons. The van der Waals surface area contributed by atoms with E-state index in [2.05, 4.69) is 29.2 Å². The van der Waals surface area contributed by atoms with E-state index in [4.69, 9.17) is 9.15 Å². The van der Waals surface area contributed by atoms with Crippen LogP contribution in [0, 0.1) is 5.92 Å². The lowest BCUT2D eigenvalue weighted by atomic mass is 9.88. The highest BCUT2D eigenvalue weighted by molar-refractivity contribution is 5.78. The summed E-state index contributed by atoms with van der Waals surface area (Å²) >= 11 is 0. The van der Waals surface area contributed by atoms with Crippen molar-refractivity contribution in [2.24, 2.45) is 5.92 Å². The summed E-state index contributed by atoms with van der Waals surface area (Å²) in [5.74, 6) is 1.34. The van der Waals surface area contributed by atoms with Gasteiger partial charge in [0.05, 0.1) is 12.8 Å². The molecule has 3 rings (SSSR count). The lowest BCUT2D eigenvalue weighted by molar-refractivity contribution is -0.127. The van der Waals surface area contributed by atoms with Gasteiger partial charge in [-0.2, -0.15) is 0 Å². The lowest BCUT2D eigenvalue weighted by Crippen LogP contribution is -2.56. The molecule has 1 N–H and O–H groups in total. The first-order valence-corrected chi connectivity index (χ1v) is 9.37. The van der Waals surface area contributed by atoms with Gasteiger partial charge in [-0.3, -0.25) is 9.69 Å². The zero-order chi connectivity index (χ0) is 17.7. The molecule has 6 nitrogen and oxygen atoms in total. The average molecular weight is 349 g/mol. The molecule has 0 atom stereocenters. The number of rotatable bonds is 6. The lowest BCUT2D eigenvalue weighted by Gasteiger charge is -2.43. The van der Waals surface area contributed by atoms with E-state index in [1.165, 1.54) is 0 Å². The number of carbonyl (C=O) groups excluding carboxylic acids is 1. The van der Waals surface area contributed by atoms with E-state index in [0.717, 1.165) is 70.8 Å². The minimum absolute atomic E-state index is 0.0356. The van der Waals surface area contributed by atoms with Crippen LogP contribution in [0.25, 0.3) is 0 Å². The fourth-order valence-corrected chi connectivity index (χ4v) is 3.91. The summed E-state index contributed by atoms with van der Waals surface area (Å²) in [4.78, 5) is 17.2. The summed E-state index contributed by atoms with van der Waals surface area (Å²) in [7, 11) is 4.20. The highest BCUT2D eigenvalue weighted by Gasteiger charge is 2.36. The second kappa shape index (κ2) is 8.34. The Hall–Kier alpha value is -1.37. The van der Waals surface area contributed by atoms with Crippen molar-refractivity contribution in [3.8, 4) is 0 Å². The molecule has 2 aliphatic heterocycles. The minimum atomic E-state index is 0.0356. The molecular formula is C19H31N3O3. The third kappa shape index (κ3) is 4.63. The quantitative estimate of drug-likeness (QED) is 0.847. The van der Waals surface area contributed by atoms with Crippen LogP contribution in [0.5, 0.6) is 0 Å². The van der Waals surface area contributed by atoms with Crippen LogP contribution in [-0.2, 0) is 16.1 Å². The number of furan rings is 1. The van der Waals surface area contributed by atoms with Crippen LogP contribution in [0.3, 0.4) is 0 Å². The Morgan fingerprint density at radius 2 is 2.04 bits per heavy atom. The van der Waals surface area contributed by atoms with Crippen LogP contribution in [0.1, 0.15) is 31.4 Å². The van der Waals surface area contributed by atoms with Crippen LogP contribution in [0.4, 0.5) is 0 Å². The largest absolute Gasteiger partial charge is 0.468 e. The molecule has 0 unspecified atom stereocenters. The van der Waals surface area contributed by atoms with Crippen LogP contribution in [0.2, 0.25) is 0 Å². The third-order valence-electron chi connectivity index (χ3n) is 5.88. The highest BCUT2D eigenvalue weighted by atomic mass is 16.5. The molecule has 0 bridgehead atoms. The molecule has 0 saturated carbocycles. The molecule has 0 aromatic carbocycles. The fraction of sp³-hybridized carbons (Fsp3) is 0.737. The van der Waals surface area contributed by atoms with E-state index < -0.39 is 0 Å². The molecule has 2 saturated heterocycles. The highest BCUT2D eigenvalue weighted by Crippen LogP contribution is 2.26. The Kier molecular flexibility index (Phi) is 6.15. The van der Waals surface area contributed by atoms with E-state index in [1.54, 1.807) is 6.26 Å². The van der Waals surface area contributed by atoms with Crippen LogP contribution < -0.4 is 5.32 Å². The number of amides is 1. The molecule has 2 aliphatic rings. The van der Waals surface area contributed by atoms with E-state index in [0.29, 0.717) is 0 Å². The van der Waals surface area contributed by atoms with Crippen molar-refractivity contribution >= 4 is 5.91 Å². The summed E-state index contributed by atoms with van der Waals surface area (Å²) in [6.45, 7) is 5.01. The van der Waals surface area contributed by atoms with Crippen molar-refractivity contribution in [2.45, 2.75) is 37.8 Å². The predicted octanol–water partition coefficient (Wildman–Crippen LogP) is 1.72. The van der Waals surface area contributed by atoms with Gasteiger partial charge in [0.25, 0.3) is 0 Å². The van der Waals surface area contributed by atoms with Crippen molar-refractivity contribution in [1.82, 2.24) is 15.1 Å². The minimum Gasteiger partial charge on any atom is -0.468 e. The molecule has 3 heterocycles. The Morgan fingerprint density at radius 1 is 1.32 bits per heavy atom. The van der Waals surface area contributed by atoms with E-state index in [-0.39, 0.29) is 17.4 Å². The number of piperidine rings is 1. The molecule has 1 aromatic heterocycles. The Bertz CT molecular complexity index is 530. The summed E-state index contributed by atoms with van der Waals surface area (Å²) in [5, 5.41) is 3.23. The molecule has 0 aliphatic carbocycles. The fourth-order valence-electron chi connectivity index (χ4n) is 3.91. The smallest absolute Gasteiger partial charge is 0.223 e. The van der Waals surface area contributed by atoms with Crippen molar-refractivity contribution in [2.75, 3.05) is 46.9 Å². The number of nitrogens with zero attached hydrogens (tertiary/aromatic N) is 2. The summed E-state index contributed by atoms with van der Waals surface area (Å²) in [6, 6.07) is 3.93. The summed E-state index contributed by atoms with van der Waals surface area (Å²) in [5.41, 5.74) is 0.0356. The van der Waals surface area contributed by atoms with Crippen molar-refractivity contribution in [3.05, 3.63) is 24.2 Å². The number of carbonyl (C=O) groups is 1. The van der Waals surface area contributed by atoms with Crippen LogP contribution >= 0.6 is 0 Å². The van der Waals surface area contributed by atoms with Gasteiger partial charge in [-0.05, 0) is 65.0 Å². The molecule has 2 fully saturated rings. The maximum Gasteiger partial charge on any atom is 0.223 e. The molecule has 0 radical (unpaired) electrons. The Balaban J connectivity index is 1.44. The summed E-state index contributed by atoms with van der Waals surface area (Å²) < 4.78 is 10.9. The van der Waals surface area contributed by atoms with Gasteiger partial charge in [-0.15, -0.1) is 0 Å². The zero-order valence-electron chi connectivity index (χ0n) is 15.5. The number of likely N-dealkylation sites (N-methyl/N-ethyl adjacent to an activating group) is 1. The van der Waals surface area contributed by atoms with Crippen LogP contribution in [0.15, 0.2) is 22.8 Å². The standard InChI is InChI=1S/C19H31N3O3/c1-21(2)19(7-12-24-13-8-19)15-20-18(23)16-5-9-22(10-6-16)14-17-4-3-11-25-17/h3-4,11,16H,5-10,12-15H2,1-2H3,(H,20,23). The number of ether oxygens (including phenoxy) is 1. The summed E-state index contributed by atoms with van der Waals surface area (Å²) in [6.07, 6.45) is 5.51. The molecule has 1 amide bonds. The molecule has 25 heavy (non-hydrogen) atoms. The third-order valence-corrected chi connectivity index (χ3v) is 5.88. The average Bonchev–Trinajstić information content (AvgIpc) is 3.14. The van der Waals surface area contributed by atoms with Crippen molar-refractivity contribution in [1.29, 1.82) is 0 Å². The van der Waals surface area contributed by atoms with Gasteiger partial charge in [0.15, 0.2) is 0 Å². The number of hydrogen-bond donors (Lipinski definition) is 1. The maximum absolute atomic E-state index is 12.6. The first-order valence-electron chi connectivity index (χ1n) is 9.37. The van der Waals surface area contributed by atoms with Gasteiger partial charge in [0, 0.05) is 31.2 Å². The normalized spacial score (nSPS) is 22.2. The first kappa shape index (κ1) is 18.4. The predicted molar refractivity (Wildman–Crippen MR) is 96.2 cm³/mol. The second-order valence-corrected chi connectivity index (χ2v) is 7.58. The monoisotopic (exact) mass is 349 g/mol. The zero-order valence-corrected chi connectivity index (χ0v) is 15.5. The molecule has 0 spiro atoms. The van der Waals surface area contributed by atoms with Gasteiger partial charge in [-0.25, -0.2) is 0 Å². The van der Waals surface area contributed by atoms with Crippen molar-refractivity contribution in [3.63, 3.8) is 0 Å². The number of likely N-dealkylation sites (tertiary alicyclic amines) is 1. The SMILES string of the molecule is CN(C)C1(CNC(=O)C2CCN(Cc3ccco3)CC2)CCOCC1. The maximum atomic E-state index is 12.6. The second-order valence-electron chi connectivity index (χ2n) is 7.58. The molecule has 1 aromatic rings. The van der Waals surface area contributed by atoms with Gasteiger partial charge in [0.2, 0.25) is 5.91 Å². The number of nitrogens with one attached hydrogen (secondary N) is 1. The van der Waals surface area contributed by atoms with Crippen molar-refractivity contribution < 1.29 is 13.9 Å². The Morgan fingerprint density at radius 3 is 2.64 bits per heavy atom. The van der Waals surface area contributed by atoms with Gasteiger partial charge >= 0.3 is 0 Å². The van der Waals surface area contributed by atoms with Crippen LogP contribution in [-0.4, -0.2) is 68.2 Å². The molecule has 6 heteroatoms.